The number of nitrogens with zero attached hydrogens (tertiary/aromatic N) is 4. The second kappa shape index (κ2) is 7.94. The summed E-state index contributed by atoms with van der Waals surface area (Å²) < 4.78 is 1.91. The van der Waals surface area contributed by atoms with Gasteiger partial charge in [0.2, 0.25) is 11.8 Å². The Kier molecular flexibility index (Phi) is 5.63. The van der Waals surface area contributed by atoms with E-state index in [1.54, 1.807) is 11.1 Å². The van der Waals surface area contributed by atoms with Crippen molar-refractivity contribution in [1.29, 1.82) is 0 Å². The van der Waals surface area contributed by atoms with Crippen LogP contribution in [0.25, 0.3) is 0 Å². The van der Waals surface area contributed by atoms with Crippen LogP contribution in [0.3, 0.4) is 0 Å². The van der Waals surface area contributed by atoms with Gasteiger partial charge in [0.05, 0.1) is 6.54 Å². The average Bonchev–Trinajstić information content (AvgIpc) is 3.14. The molecule has 27 heavy (non-hydrogen) atoms. The molecule has 1 aromatic carbocycles. The van der Waals surface area contributed by atoms with Crippen molar-refractivity contribution in [3.05, 3.63) is 53.6 Å². The van der Waals surface area contributed by atoms with Crippen molar-refractivity contribution >= 4 is 11.8 Å². The van der Waals surface area contributed by atoms with Crippen molar-refractivity contribution in [1.82, 2.24) is 19.4 Å². The van der Waals surface area contributed by atoms with Gasteiger partial charge in [-0.3, -0.25) is 9.59 Å². The number of carbonyl (C=O) groups excluding carboxylic acids is 2. The number of piperazine rings is 1. The monoisotopic (exact) mass is 368 g/mol. The summed E-state index contributed by atoms with van der Waals surface area (Å²) in [7, 11) is 0. The maximum absolute atomic E-state index is 12.9. The molecule has 0 aliphatic carbocycles. The molecule has 144 valence electrons. The van der Waals surface area contributed by atoms with Crippen LogP contribution in [0.4, 0.5) is 0 Å². The first-order valence-electron chi connectivity index (χ1n) is 9.51. The first-order valence-corrected chi connectivity index (χ1v) is 9.51. The van der Waals surface area contributed by atoms with E-state index in [0.717, 1.165) is 11.4 Å². The predicted molar refractivity (Wildman–Crippen MR) is 104 cm³/mol. The highest BCUT2D eigenvalue weighted by molar-refractivity contribution is 5.87. The molecule has 1 aliphatic heterocycles. The minimum absolute atomic E-state index is 0.00270. The highest BCUT2D eigenvalue weighted by Crippen LogP contribution is 2.20. The van der Waals surface area contributed by atoms with E-state index in [9.17, 15) is 9.59 Å². The highest BCUT2D eigenvalue weighted by Gasteiger charge is 2.31. The Morgan fingerprint density at radius 2 is 1.85 bits per heavy atom. The summed E-state index contributed by atoms with van der Waals surface area (Å²) in [5.41, 5.74) is 2.32. The molecule has 3 rings (SSSR count). The molecule has 6 heteroatoms. The molecular weight excluding hydrogens is 340 g/mol. The van der Waals surface area contributed by atoms with Crippen molar-refractivity contribution < 1.29 is 9.59 Å². The van der Waals surface area contributed by atoms with E-state index >= 15 is 0 Å². The molecule has 0 radical (unpaired) electrons. The number of hydrogen-bond donors (Lipinski definition) is 0. The lowest BCUT2D eigenvalue weighted by Crippen LogP contribution is -2.53. The molecule has 2 heterocycles. The predicted octanol–water partition coefficient (Wildman–Crippen LogP) is 2.75. The van der Waals surface area contributed by atoms with Crippen LogP contribution in [0.5, 0.6) is 0 Å². The minimum Gasteiger partial charge on any atom is -0.335 e. The fourth-order valence-corrected chi connectivity index (χ4v) is 3.46. The van der Waals surface area contributed by atoms with E-state index in [0.29, 0.717) is 19.6 Å². The number of amides is 2. The SMILES string of the molecule is Cc1ccc(CN2CCN(C(=O)C(C)n3ccnc3C(C)C)CC2=O)cc1. The first kappa shape index (κ1) is 19.1. The topological polar surface area (TPSA) is 58.4 Å². The molecule has 0 bridgehead atoms. The third kappa shape index (κ3) is 4.21. The summed E-state index contributed by atoms with van der Waals surface area (Å²) in [5.74, 6) is 1.10. The van der Waals surface area contributed by atoms with Crippen molar-refractivity contribution in [2.24, 2.45) is 0 Å². The molecule has 1 saturated heterocycles. The quantitative estimate of drug-likeness (QED) is 0.815. The van der Waals surface area contributed by atoms with Gasteiger partial charge >= 0.3 is 0 Å². The van der Waals surface area contributed by atoms with Crippen molar-refractivity contribution in [2.75, 3.05) is 19.6 Å². The number of aryl methyl sites for hydroxylation is 1. The van der Waals surface area contributed by atoms with Gasteiger partial charge in [0.25, 0.3) is 0 Å². The van der Waals surface area contributed by atoms with Crippen LogP contribution in [-0.4, -0.2) is 50.8 Å². The Balaban J connectivity index is 1.63. The van der Waals surface area contributed by atoms with Crippen LogP contribution in [0.15, 0.2) is 36.7 Å². The number of carbonyl (C=O) groups is 2. The molecular formula is C21H28N4O2. The van der Waals surface area contributed by atoms with Crippen molar-refractivity contribution in [2.45, 2.75) is 46.2 Å². The zero-order chi connectivity index (χ0) is 19.6. The minimum atomic E-state index is -0.360. The molecule has 1 atom stereocenters. The lowest BCUT2D eigenvalue weighted by molar-refractivity contribution is -0.147. The van der Waals surface area contributed by atoms with Crippen LogP contribution in [-0.2, 0) is 16.1 Å². The van der Waals surface area contributed by atoms with Crippen LogP contribution in [0.2, 0.25) is 0 Å². The Bertz CT molecular complexity index is 810. The largest absolute Gasteiger partial charge is 0.335 e. The average molecular weight is 368 g/mol. The van der Waals surface area contributed by atoms with Crippen LogP contribution < -0.4 is 0 Å². The summed E-state index contributed by atoms with van der Waals surface area (Å²) >= 11 is 0. The second-order valence-electron chi connectivity index (χ2n) is 7.58. The Morgan fingerprint density at radius 3 is 2.48 bits per heavy atom. The highest BCUT2D eigenvalue weighted by atomic mass is 16.2. The molecule has 1 aromatic heterocycles. The van der Waals surface area contributed by atoms with Crippen molar-refractivity contribution in [3.63, 3.8) is 0 Å². The number of benzene rings is 1. The fourth-order valence-electron chi connectivity index (χ4n) is 3.46. The van der Waals surface area contributed by atoms with Gasteiger partial charge in [-0.15, -0.1) is 0 Å². The van der Waals surface area contributed by atoms with Gasteiger partial charge in [-0.05, 0) is 19.4 Å². The normalized spacial score (nSPS) is 16.1. The summed E-state index contributed by atoms with van der Waals surface area (Å²) in [6.45, 7) is 9.90. The standard InChI is InChI=1S/C21H28N4O2/c1-15(2)20-22-9-10-25(20)17(4)21(27)24-12-11-23(19(26)14-24)13-18-7-5-16(3)6-8-18/h5-10,15,17H,11-14H2,1-4H3. The Hall–Kier alpha value is -2.63. The summed E-state index contributed by atoms with van der Waals surface area (Å²) in [4.78, 5) is 33.4. The third-order valence-electron chi connectivity index (χ3n) is 5.11. The zero-order valence-electron chi connectivity index (χ0n) is 16.6. The fraction of sp³-hybridized carbons (Fsp3) is 0.476. The molecule has 1 unspecified atom stereocenters. The second-order valence-corrected chi connectivity index (χ2v) is 7.58. The van der Waals surface area contributed by atoms with Crippen LogP contribution >= 0.6 is 0 Å². The van der Waals surface area contributed by atoms with E-state index in [-0.39, 0.29) is 30.3 Å². The van der Waals surface area contributed by atoms with Gasteiger partial charge in [0, 0.05) is 37.9 Å². The summed E-state index contributed by atoms with van der Waals surface area (Å²) in [5, 5.41) is 0. The van der Waals surface area contributed by atoms with Crippen LogP contribution in [0.1, 0.15) is 49.7 Å². The lowest BCUT2D eigenvalue weighted by Gasteiger charge is -2.36. The van der Waals surface area contributed by atoms with E-state index in [1.807, 2.05) is 29.5 Å². The Morgan fingerprint density at radius 1 is 1.15 bits per heavy atom. The molecule has 1 aliphatic rings. The molecule has 0 N–H and O–H groups in total. The molecule has 1 fully saturated rings. The maximum Gasteiger partial charge on any atom is 0.245 e. The van der Waals surface area contributed by atoms with Gasteiger partial charge in [0.1, 0.15) is 11.9 Å². The van der Waals surface area contributed by atoms with E-state index in [4.69, 9.17) is 0 Å². The van der Waals surface area contributed by atoms with Gasteiger partial charge in [-0.2, -0.15) is 0 Å². The summed E-state index contributed by atoms with van der Waals surface area (Å²) in [6.07, 6.45) is 3.57. The van der Waals surface area contributed by atoms with E-state index < -0.39 is 0 Å². The van der Waals surface area contributed by atoms with Gasteiger partial charge in [0.15, 0.2) is 0 Å². The van der Waals surface area contributed by atoms with Gasteiger partial charge in [-0.25, -0.2) is 4.98 Å². The van der Waals surface area contributed by atoms with Crippen molar-refractivity contribution in [3.8, 4) is 0 Å². The number of rotatable bonds is 5. The third-order valence-corrected chi connectivity index (χ3v) is 5.11. The molecule has 2 aromatic rings. The van der Waals surface area contributed by atoms with E-state index in [2.05, 4.69) is 43.1 Å². The number of aromatic nitrogens is 2. The summed E-state index contributed by atoms with van der Waals surface area (Å²) in [6, 6.07) is 7.85. The van der Waals surface area contributed by atoms with Crippen LogP contribution in [0, 0.1) is 6.92 Å². The molecule has 6 nitrogen and oxygen atoms in total. The van der Waals surface area contributed by atoms with Gasteiger partial charge in [-0.1, -0.05) is 43.7 Å². The zero-order valence-corrected chi connectivity index (χ0v) is 16.6. The molecule has 0 saturated carbocycles. The smallest absolute Gasteiger partial charge is 0.245 e. The first-order chi connectivity index (χ1) is 12.9. The molecule has 2 amide bonds. The lowest BCUT2D eigenvalue weighted by atomic mass is 10.1. The number of imidazole rings is 1. The van der Waals surface area contributed by atoms with E-state index in [1.165, 1.54) is 5.56 Å². The maximum atomic E-state index is 12.9. The molecule has 0 spiro atoms. The number of hydrogen-bond acceptors (Lipinski definition) is 3. The Labute approximate surface area is 160 Å². The van der Waals surface area contributed by atoms with Gasteiger partial charge < -0.3 is 14.4 Å².